The molecule has 1 aliphatic rings. The fourth-order valence-electron chi connectivity index (χ4n) is 2.56. The Labute approximate surface area is 129 Å². The molecule has 0 aromatic carbocycles. The summed E-state index contributed by atoms with van der Waals surface area (Å²) in [5.41, 5.74) is 17.7. The van der Waals surface area contributed by atoms with Gasteiger partial charge < -0.3 is 11.5 Å². The van der Waals surface area contributed by atoms with Gasteiger partial charge in [-0.05, 0) is 89.6 Å². The standard InChI is InChI=1S/C17H32N4/c1-13-14(2)16(4)21(12-8-7-11-19)20-17(15(13)3)9-5-6-10-18/h5-12,18-19H2,1-4H3. The van der Waals surface area contributed by atoms with Crippen molar-refractivity contribution in [2.45, 2.75) is 59.8 Å². The van der Waals surface area contributed by atoms with Crippen molar-refractivity contribution in [1.29, 1.82) is 0 Å². The third-order valence-corrected chi connectivity index (χ3v) is 4.42. The van der Waals surface area contributed by atoms with Crippen LogP contribution in [0.1, 0.15) is 59.8 Å². The summed E-state index contributed by atoms with van der Waals surface area (Å²) in [7, 11) is 0. The van der Waals surface area contributed by atoms with Gasteiger partial charge in [0.1, 0.15) is 0 Å². The number of nitrogens with two attached hydrogens (primary N) is 2. The number of allylic oxidation sites excluding steroid dienone is 4. The first-order valence-electron chi connectivity index (χ1n) is 8.13. The minimum Gasteiger partial charge on any atom is -0.330 e. The maximum Gasteiger partial charge on any atom is 0.0641 e. The first kappa shape index (κ1) is 17.9. The molecule has 0 aromatic rings. The van der Waals surface area contributed by atoms with Crippen LogP contribution >= 0.6 is 0 Å². The second-order valence-corrected chi connectivity index (χ2v) is 5.87. The lowest BCUT2D eigenvalue weighted by atomic mass is 9.97. The van der Waals surface area contributed by atoms with E-state index in [2.05, 4.69) is 32.7 Å². The van der Waals surface area contributed by atoms with Gasteiger partial charge in [-0.25, -0.2) is 0 Å². The molecule has 0 saturated carbocycles. The number of nitrogens with zero attached hydrogens (tertiary/aromatic N) is 2. The van der Waals surface area contributed by atoms with E-state index in [9.17, 15) is 0 Å². The van der Waals surface area contributed by atoms with Crippen molar-refractivity contribution in [3.8, 4) is 0 Å². The normalized spacial score (nSPS) is 16.5. The molecule has 0 fully saturated rings. The molecule has 4 nitrogen and oxygen atoms in total. The zero-order chi connectivity index (χ0) is 15.8. The van der Waals surface area contributed by atoms with E-state index < -0.39 is 0 Å². The second kappa shape index (κ2) is 9.00. The molecular weight excluding hydrogens is 260 g/mol. The third kappa shape index (κ3) is 4.97. The number of hydrogen-bond donors (Lipinski definition) is 2. The molecule has 120 valence electrons. The van der Waals surface area contributed by atoms with Crippen LogP contribution in [0.15, 0.2) is 27.5 Å². The van der Waals surface area contributed by atoms with Crippen LogP contribution in [0.4, 0.5) is 0 Å². The van der Waals surface area contributed by atoms with Gasteiger partial charge in [0, 0.05) is 12.2 Å². The summed E-state index contributed by atoms with van der Waals surface area (Å²) in [6, 6.07) is 0. The van der Waals surface area contributed by atoms with E-state index in [4.69, 9.17) is 16.6 Å². The Balaban J connectivity index is 2.95. The predicted octanol–water partition coefficient (Wildman–Crippen LogP) is 3.16. The summed E-state index contributed by atoms with van der Waals surface area (Å²) in [5, 5.41) is 7.10. The summed E-state index contributed by atoms with van der Waals surface area (Å²) in [6.45, 7) is 11.2. The predicted molar refractivity (Wildman–Crippen MR) is 92.1 cm³/mol. The third-order valence-electron chi connectivity index (χ3n) is 4.42. The first-order valence-corrected chi connectivity index (χ1v) is 8.13. The van der Waals surface area contributed by atoms with E-state index in [0.717, 1.165) is 51.7 Å². The minimum absolute atomic E-state index is 0.749. The number of rotatable bonds is 8. The lowest BCUT2D eigenvalue weighted by Crippen LogP contribution is -2.20. The smallest absolute Gasteiger partial charge is 0.0641 e. The summed E-state index contributed by atoms with van der Waals surface area (Å²) < 4.78 is 0. The molecule has 1 aliphatic heterocycles. The Morgan fingerprint density at radius 1 is 0.810 bits per heavy atom. The summed E-state index contributed by atoms with van der Waals surface area (Å²) in [6.07, 6.45) is 5.30. The molecule has 0 aliphatic carbocycles. The molecular formula is C17H32N4. The van der Waals surface area contributed by atoms with E-state index in [0.29, 0.717) is 0 Å². The lowest BCUT2D eigenvalue weighted by Gasteiger charge is -2.21. The molecule has 4 N–H and O–H groups in total. The number of hydrazone groups is 1. The van der Waals surface area contributed by atoms with E-state index in [1.165, 1.54) is 28.1 Å². The fraction of sp³-hybridized carbons (Fsp3) is 0.706. The number of unbranched alkanes of at least 4 members (excludes halogenated alkanes) is 2. The molecule has 0 atom stereocenters. The van der Waals surface area contributed by atoms with Crippen molar-refractivity contribution in [3.63, 3.8) is 0 Å². The summed E-state index contributed by atoms with van der Waals surface area (Å²) in [4.78, 5) is 0. The van der Waals surface area contributed by atoms with Crippen LogP contribution in [-0.2, 0) is 0 Å². The zero-order valence-electron chi connectivity index (χ0n) is 14.2. The van der Waals surface area contributed by atoms with Crippen LogP contribution in [-0.4, -0.2) is 30.4 Å². The summed E-state index contributed by atoms with van der Waals surface area (Å²) >= 11 is 0. The molecule has 1 heterocycles. The van der Waals surface area contributed by atoms with E-state index in [-0.39, 0.29) is 0 Å². The highest BCUT2D eigenvalue weighted by Gasteiger charge is 2.17. The van der Waals surface area contributed by atoms with Gasteiger partial charge in [-0.15, -0.1) is 0 Å². The highest BCUT2D eigenvalue weighted by atomic mass is 15.5. The summed E-state index contributed by atoms with van der Waals surface area (Å²) in [5.74, 6) is 0. The SMILES string of the molecule is CC1=C(C)C(C)=C(C)N(CCCCN)N=C1CCCCN. The van der Waals surface area contributed by atoms with Crippen molar-refractivity contribution >= 4 is 5.71 Å². The lowest BCUT2D eigenvalue weighted by molar-refractivity contribution is 0.352. The molecule has 0 unspecified atom stereocenters. The molecule has 0 bridgehead atoms. The van der Waals surface area contributed by atoms with Crippen LogP contribution < -0.4 is 11.5 Å². The Hall–Kier alpha value is -1.13. The van der Waals surface area contributed by atoms with Crippen LogP contribution in [0.3, 0.4) is 0 Å². The molecule has 1 rings (SSSR count). The molecule has 0 saturated heterocycles. The molecule has 0 spiro atoms. The van der Waals surface area contributed by atoms with Crippen molar-refractivity contribution in [1.82, 2.24) is 5.01 Å². The van der Waals surface area contributed by atoms with E-state index >= 15 is 0 Å². The largest absolute Gasteiger partial charge is 0.330 e. The van der Waals surface area contributed by atoms with Gasteiger partial charge in [0.25, 0.3) is 0 Å². The van der Waals surface area contributed by atoms with Crippen molar-refractivity contribution in [3.05, 3.63) is 22.4 Å². The highest BCUT2D eigenvalue weighted by molar-refractivity contribution is 6.01. The van der Waals surface area contributed by atoms with Gasteiger partial charge in [0.05, 0.1) is 5.71 Å². The van der Waals surface area contributed by atoms with Gasteiger partial charge >= 0.3 is 0 Å². The zero-order valence-corrected chi connectivity index (χ0v) is 14.2. The molecule has 0 amide bonds. The maximum atomic E-state index is 5.61. The van der Waals surface area contributed by atoms with Gasteiger partial charge in [-0.2, -0.15) is 5.10 Å². The fourth-order valence-corrected chi connectivity index (χ4v) is 2.56. The Kier molecular flexibility index (Phi) is 7.68. The average Bonchev–Trinajstić information content (AvgIpc) is 2.55. The monoisotopic (exact) mass is 292 g/mol. The van der Waals surface area contributed by atoms with Crippen LogP contribution in [0.5, 0.6) is 0 Å². The van der Waals surface area contributed by atoms with Gasteiger partial charge in [-0.3, -0.25) is 5.01 Å². The van der Waals surface area contributed by atoms with Crippen LogP contribution in [0.25, 0.3) is 0 Å². The molecule has 0 aromatic heterocycles. The molecule has 21 heavy (non-hydrogen) atoms. The Bertz CT molecular complexity index is 432. The van der Waals surface area contributed by atoms with Gasteiger partial charge in [-0.1, -0.05) is 0 Å². The second-order valence-electron chi connectivity index (χ2n) is 5.87. The van der Waals surface area contributed by atoms with Crippen molar-refractivity contribution in [2.24, 2.45) is 16.6 Å². The van der Waals surface area contributed by atoms with E-state index in [1.807, 2.05) is 0 Å². The van der Waals surface area contributed by atoms with Gasteiger partial charge in [0.15, 0.2) is 0 Å². The van der Waals surface area contributed by atoms with Crippen molar-refractivity contribution in [2.75, 3.05) is 19.6 Å². The quantitative estimate of drug-likeness (QED) is 0.675. The first-order chi connectivity index (χ1) is 10.0. The van der Waals surface area contributed by atoms with Crippen LogP contribution in [0.2, 0.25) is 0 Å². The average molecular weight is 292 g/mol. The molecule has 4 heteroatoms. The maximum absolute atomic E-state index is 5.61. The van der Waals surface area contributed by atoms with E-state index in [1.54, 1.807) is 0 Å². The van der Waals surface area contributed by atoms with Gasteiger partial charge in [0.2, 0.25) is 0 Å². The number of hydrogen-bond acceptors (Lipinski definition) is 4. The van der Waals surface area contributed by atoms with Crippen LogP contribution in [0, 0.1) is 0 Å². The van der Waals surface area contributed by atoms with Crippen molar-refractivity contribution < 1.29 is 0 Å². The minimum atomic E-state index is 0.749. The highest BCUT2D eigenvalue weighted by Crippen LogP contribution is 2.26. The Morgan fingerprint density at radius 3 is 2.05 bits per heavy atom. The Morgan fingerprint density at radius 2 is 1.43 bits per heavy atom. The molecule has 0 radical (unpaired) electrons. The topological polar surface area (TPSA) is 67.6 Å².